The maximum absolute atomic E-state index is 12.9. The van der Waals surface area contributed by atoms with Gasteiger partial charge < -0.3 is 28.4 Å². The first-order valence-corrected chi connectivity index (χ1v) is 21.9. The van der Waals surface area contributed by atoms with Gasteiger partial charge >= 0.3 is 11.9 Å². The van der Waals surface area contributed by atoms with E-state index in [2.05, 4.69) is 91.8 Å². The highest BCUT2D eigenvalue weighted by atomic mass is 16.6. The molecule has 8 nitrogen and oxygen atoms in total. The number of fused-ring (bicyclic) bond motifs is 2. The van der Waals surface area contributed by atoms with Gasteiger partial charge in [0.05, 0.1) is 13.2 Å². The highest BCUT2D eigenvalue weighted by Gasteiger charge is 2.23. The van der Waals surface area contributed by atoms with E-state index >= 15 is 0 Å². The molecule has 0 heterocycles. The van der Waals surface area contributed by atoms with Crippen LogP contribution in [0.3, 0.4) is 0 Å². The Morgan fingerprint density at radius 1 is 0.500 bits per heavy atom. The van der Waals surface area contributed by atoms with Crippen molar-refractivity contribution in [2.45, 2.75) is 157 Å². The van der Waals surface area contributed by atoms with Crippen LogP contribution >= 0.6 is 0 Å². The number of carbonyl (C=O) groups excluding carboxylic acids is 2. The molecule has 56 heavy (non-hydrogen) atoms. The third kappa shape index (κ3) is 15.9. The summed E-state index contributed by atoms with van der Waals surface area (Å²) < 4.78 is 37.9. The van der Waals surface area contributed by atoms with Gasteiger partial charge in [-0.05, 0) is 63.5 Å². The van der Waals surface area contributed by atoms with E-state index in [9.17, 15) is 9.59 Å². The van der Waals surface area contributed by atoms with Gasteiger partial charge in [0.15, 0.2) is 12.2 Å². The monoisotopic (exact) mass is 779 g/mol. The number of esters is 2. The van der Waals surface area contributed by atoms with Gasteiger partial charge in [-0.3, -0.25) is 9.59 Å². The minimum atomic E-state index is -0.559. The fraction of sp³-hybridized carbons (Fsp3) is 0.667. The quantitative estimate of drug-likeness (QED) is 0.0488. The van der Waals surface area contributed by atoms with Crippen LogP contribution in [0.4, 0.5) is 0 Å². The number of carbonyl (C=O) groups is 2. The number of hydrogen-bond acceptors (Lipinski definition) is 8. The number of ether oxygens (including phenoxy) is 6. The highest BCUT2D eigenvalue weighted by molar-refractivity contribution is 6.11. The molecule has 0 fully saturated rings. The van der Waals surface area contributed by atoms with Gasteiger partial charge in [-0.15, -0.1) is 0 Å². The molecular weight excluding hydrogens is 705 g/mol. The molecule has 3 rings (SSSR count). The Balaban J connectivity index is 1.94. The van der Waals surface area contributed by atoms with Gasteiger partial charge in [0.2, 0.25) is 0 Å². The lowest BCUT2D eigenvalue weighted by molar-refractivity contribution is -0.155. The van der Waals surface area contributed by atoms with E-state index in [1.165, 1.54) is 12.8 Å². The standard InChI is InChI=1S/C48H74O8/c1-9-15-19-37(13-5)29-51-31-39(55-45(49)21-17-11-3)33-53-47-41-25-23-36(8)28-44(41)48(42-26-24-35(7)27-43(42)47)54-34-40(56-46(50)22-18-12-4)32-52-30-38(14-6)20-16-10-2/h23-28,37-40H,9-22,29-34H2,1-8H3. The molecule has 4 atom stereocenters. The molecular formula is C48H74O8. The second-order valence-corrected chi connectivity index (χ2v) is 15.7. The lowest BCUT2D eigenvalue weighted by Crippen LogP contribution is -2.31. The smallest absolute Gasteiger partial charge is 0.306 e. The van der Waals surface area contributed by atoms with Crippen molar-refractivity contribution in [3.05, 3.63) is 47.5 Å². The van der Waals surface area contributed by atoms with Crippen LogP contribution in [0.15, 0.2) is 36.4 Å². The lowest BCUT2D eigenvalue weighted by Gasteiger charge is -2.24. The van der Waals surface area contributed by atoms with Crippen LogP contribution in [0.5, 0.6) is 11.5 Å². The van der Waals surface area contributed by atoms with E-state index in [1.54, 1.807) is 0 Å². The Hall–Kier alpha value is -3.36. The van der Waals surface area contributed by atoms with Crippen LogP contribution in [0.2, 0.25) is 0 Å². The number of aryl methyl sites for hydroxylation is 2. The van der Waals surface area contributed by atoms with Gasteiger partial charge in [-0.2, -0.15) is 0 Å². The van der Waals surface area contributed by atoms with E-state index in [4.69, 9.17) is 28.4 Å². The fourth-order valence-electron chi connectivity index (χ4n) is 6.93. The molecule has 0 aromatic heterocycles. The van der Waals surface area contributed by atoms with E-state index in [0.717, 1.165) is 96.9 Å². The number of unbranched alkanes of at least 4 members (excludes halogenated alkanes) is 4. The average Bonchev–Trinajstić information content (AvgIpc) is 3.19. The molecule has 0 radical (unpaired) electrons. The Morgan fingerprint density at radius 2 is 0.893 bits per heavy atom. The third-order valence-electron chi connectivity index (χ3n) is 10.6. The summed E-state index contributed by atoms with van der Waals surface area (Å²) in [5.41, 5.74) is 2.15. The molecule has 4 unspecified atom stereocenters. The molecule has 3 aromatic rings. The van der Waals surface area contributed by atoms with Crippen LogP contribution in [-0.4, -0.2) is 63.8 Å². The Morgan fingerprint density at radius 3 is 1.25 bits per heavy atom. The topological polar surface area (TPSA) is 89.5 Å². The maximum Gasteiger partial charge on any atom is 0.306 e. The molecule has 0 saturated heterocycles. The zero-order chi connectivity index (χ0) is 40.7. The molecule has 0 aliphatic carbocycles. The highest BCUT2D eigenvalue weighted by Crippen LogP contribution is 2.44. The Kier molecular flexibility index (Phi) is 22.3. The van der Waals surface area contributed by atoms with E-state index in [0.29, 0.717) is 49.4 Å². The van der Waals surface area contributed by atoms with Crippen molar-refractivity contribution < 1.29 is 38.0 Å². The van der Waals surface area contributed by atoms with Gasteiger partial charge in [0.1, 0.15) is 24.7 Å². The first-order valence-electron chi connectivity index (χ1n) is 21.9. The second kappa shape index (κ2) is 26.5. The second-order valence-electron chi connectivity index (χ2n) is 15.7. The molecule has 314 valence electrons. The molecule has 0 saturated carbocycles. The maximum atomic E-state index is 12.9. The third-order valence-corrected chi connectivity index (χ3v) is 10.6. The first kappa shape index (κ1) is 47.0. The van der Waals surface area contributed by atoms with Crippen molar-refractivity contribution in [2.75, 3.05) is 39.6 Å². The van der Waals surface area contributed by atoms with Crippen LogP contribution in [0.25, 0.3) is 21.5 Å². The molecule has 0 amide bonds. The summed E-state index contributed by atoms with van der Waals surface area (Å²) in [5, 5.41) is 3.57. The SMILES string of the molecule is CCCCC(=O)OC(COCC(CC)CCCC)COc1c2ccc(C)cc2c(OCC(COCC(CC)CCCC)OC(=O)CCCC)c2ccc(C)cc12. The van der Waals surface area contributed by atoms with Gasteiger partial charge in [0, 0.05) is 47.6 Å². The fourth-order valence-corrected chi connectivity index (χ4v) is 6.93. The number of rotatable bonds is 30. The van der Waals surface area contributed by atoms with Gasteiger partial charge in [-0.25, -0.2) is 0 Å². The van der Waals surface area contributed by atoms with Crippen LogP contribution in [0.1, 0.15) is 143 Å². The van der Waals surface area contributed by atoms with Crippen molar-refractivity contribution in [3.63, 3.8) is 0 Å². The summed E-state index contributed by atoms with van der Waals surface area (Å²) in [4.78, 5) is 25.8. The summed E-state index contributed by atoms with van der Waals surface area (Å²) >= 11 is 0. The predicted octanol–water partition coefficient (Wildman–Crippen LogP) is 12.0. The molecule has 0 N–H and O–H groups in total. The molecule has 8 heteroatoms. The Bertz CT molecular complexity index is 1470. The van der Waals surface area contributed by atoms with E-state index in [-0.39, 0.29) is 38.4 Å². The van der Waals surface area contributed by atoms with Gasteiger partial charge in [-0.1, -0.05) is 128 Å². The first-order chi connectivity index (χ1) is 27.2. The molecule has 0 bridgehead atoms. The molecule has 0 spiro atoms. The largest absolute Gasteiger partial charge is 0.488 e. The van der Waals surface area contributed by atoms with Crippen molar-refractivity contribution in [2.24, 2.45) is 11.8 Å². The molecule has 3 aromatic carbocycles. The minimum absolute atomic E-state index is 0.153. The zero-order valence-electron chi connectivity index (χ0n) is 36.2. The van der Waals surface area contributed by atoms with Crippen LogP contribution in [0, 0.1) is 25.7 Å². The van der Waals surface area contributed by atoms with Gasteiger partial charge in [0.25, 0.3) is 0 Å². The van der Waals surface area contributed by atoms with Crippen molar-refractivity contribution in [1.82, 2.24) is 0 Å². The summed E-state index contributed by atoms with van der Waals surface area (Å²) in [6.45, 7) is 19.2. The van der Waals surface area contributed by atoms with E-state index in [1.807, 2.05) is 0 Å². The summed E-state index contributed by atoms with van der Waals surface area (Å²) in [5.74, 6) is 1.91. The lowest BCUT2D eigenvalue weighted by atomic mass is 9.97. The van der Waals surface area contributed by atoms with Crippen molar-refractivity contribution in [3.8, 4) is 11.5 Å². The zero-order valence-corrected chi connectivity index (χ0v) is 36.2. The Labute approximate surface area is 338 Å². The van der Waals surface area contributed by atoms with Crippen LogP contribution < -0.4 is 9.47 Å². The molecule has 0 aliphatic heterocycles. The summed E-state index contributed by atoms with van der Waals surface area (Å²) in [7, 11) is 0. The van der Waals surface area contributed by atoms with Crippen LogP contribution in [-0.2, 0) is 28.5 Å². The summed E-state index contributed by atoms with van der Waals surface area (Å²) in [6, 6.07) is 12.5. The summed E-state index contributed by atoms with van der Waals surface area (Å²) in [6.07, 6.45) is 12.0. The van der Waals surface area contributed by atoms with Crippen molar-refractivity contribution in [1.29, 1.82) is 0 Å². The average molecular weight is 779 g/mol. The van der Waals surface area contributed by atoms with Crippen molar-refractivity contribution >= 4 is 33.5 Å². The number of hydrogen-bond donors (Lipinski definition) is 0. The predicted molar refractivity (Wildman–Crippen MR) is 229 cm³/mol. The normalized spacial score (nSPS) is 13.7. The minimum Gasteiger partial charge on any atom is -0.488 e. The van der Waals surface area contributed by atoms with E-state index < -0.39 is 12.2 Å². The number of benzene rings is 3. The molecule has 0 aliphatic rings.